The number of hydrogen-bond donors (Lipinski definition) is 0. The van der Waals surface area contributed by atoms with Gasteiger partial charge in [-0.2, -0.15) is 0 Å². The summed E-state index contributed by atoms with van der Waals surface area (Å²) in [5.74, 6) is 1.03. The second-order valence-corrected chi connectivity index (χ2v) is 7.79. The van der Waals surface area contributed by atoms with Crippen molar-refractivity contribution in [2.24, 2.45) is 10.8 Å². The standard InChI is InChI=1S/C18H28N2/c1-8-17(5,6)14-13-19-15-9-10-18(7,16(2,3)4)11-12-20(14)15/h9-13H,8H2,1-7H3. The molecule has 110 valence electrons. The molecule has 1 aliphatic rings. The lowest BCUT2D eigenvalue weighted by Gasteiger charge is -2.36. The summed E-state index contributed by atoms with van der Waals surface area (Å²) >= 11 is 0. The Kier molecular flexibility index (Phi) is 3.48. The summed E-state index contributed by atoms with van der Waals surface area (Å²) in [6.45, 7) is 15.9. The third-order valence-corrected chi connectivity index (χ3v) is 5.17. The van der Waals surface area contributed by atoms with Crippen molar-refractivity contribution in [2.75, 3.05) is 0 Å². The number of hydrogen-bond acceptors (Lipinski definition) is 1. The molecule has 0 saturated carbocycles. The highest BCUT2D eigenvalue weighted by molar-refractivity contribution is 5.53. The van der Waals surface area contributed by atoms with E-state index in [1.807, 2.05) is 6.20 Å². The van der Waals surface area contributed by atoms with Crippen LogP contribution in [0, 0.1) is 10.8 Å². The summed E-state index contributed by atoms with van der Waals surface area (Å²) in [6, 6.07) is 0. The molecule has 0 fully saturated rings. The number of nitrogens with zero attached hydrogens (tertiary/aromatic N) is 2. The first-order chi connectivity index (χ1) is 9.11. The topological polar surface area (TPSA) is 17.8 Å². The van der Waals surface area contributed by atoms with Crippen LogP contribution in [0.15, 0.2) is 18.3 Å². The average Bonchev–Trinajstić information content (AvgIpc) is 2.68. The fourth-order valence-electron chi connectivity index (χ4n) is 2.37. The minimum Gasteiger partial charge on any atom is -0.304 e. The lowest BCUT2D eigenvalue weighted by molar-refractivity contribution is 0.230. The van der Waals surface area contributed by atoms with Crippen molar-refractivity contribution in [3.05, 3.63) is 29.9 Å². The summed E-state index contributed by atoms with van der Waals surface area (Å²) in [6.07, 6.45) is 12.1. The van der Waals surface area contributed by atoms with Gasteiger partial charge in [0.05, 0.1) is 0 Å². The van der Waals surface area contributed by atoms with Crippen LogP contribution in [-0.2, 0) is 5.41 Å². The Labute approximate surface area is 123 Å². The molecule has 0 N–H and O–H groups in total. The van der Waals surface area contributed by atoms with E-state index >= 15 is 0 Å². The maximum Gasteiger partial charge on any atom is 0.136 e. The molecule has 1 aromatic rings. The molecule has 1 unspecified atom stereocenters. The molecule has 2 heterocycles. The lowest BCUT2D eigenvalue weighted by atomic mass is 9.68. The van der Waals surface area contributed by atoms with Crippen molar-refractivity contribution >= 4 is 12.3 Å². The number of aromatic nitrogens is 2. The first kappa shape index (κ1) is 15.1. The Morgan fingerprint density at radius 1 is 1.15 bits per heavy atom. The minimum atomic E-state index is 0.0430. The van der Waals surface area contributed by atoms with Gasteiger partial charge in [0.25, 0.3) is 0 Å². The Morgan fingerprint density at radius 2 is 1.80 bits per heavy atom. The van der Waals surface area contributed by atoms with Gasteiger partial charge in [0.1, 0.15) is 5.82 Å². The Balaban J connectivity index is 2.51. The molecular weight excluding hydrogens is 244 g/mol. The Hall–Kier alpha value is -1.31. The van der Waals surface area contributed by atoms with Crippen LogP contribution in [0.4, 0.5) is 0 Å². The number of allylic oxidation sites excluding steroid dienone is 2. The van der Waals surface area contributed by atoms with Crippen LogP contribution >= 0.6 is 0 Å². The van der Waals surface area contributed by atoms with Crippen molar-refractivity contribution in [3.63, 3.8) is 0 Å². The third kappa shape index (κ3) is 2.36. The van der Waals surface area contributed by atoms with E-state index in [1.165, 1.54) is 5.69 Å². The molecule has 1 aromatic heterocycles. The van der Waals surface area contributed by atoms with Crippen molar-refractivity contribution < 1.29 is 0 Å². The summed E-state index contributed by atoms with van der Waals surface area (Å²) < 4.78 is 2.25. The van der Waals surface area contributed by atoms with Crippen LogP contribution in [0.5, 0.6) is 0 Å². The summed E-state index contributed by atoms with van der Waals surface area (Å²) in [5, 5.41) is 0. The van der Waals surface area contributed by atoms with Gasteiger partial charge in [-0.15, -0.1) is 0 Å². The zero-order valence-electron chi connectivity index (χ0n) is 14.0. The zero-order valence-corrected chi connectivity index (χ0v) is 14.0. The van der Waals surface area contributed by atoms with Gasteiger partial charge in [-0.1, -0.05) is 60.6 Å². The Morgan fingerprint density at radius 3 is 2.35 bits per heavy atom. The molecule has 0 bridgehead atoms. The Bertz CT molecular complexity index is 552. The molecule has 0 radical (unpaired) electrons. The quantitative estimate of drug-likeness (QED) is 0.730. The van der Waals surface area contributed by atoms with E-state index in [9.17, 15) is 0 Å². The summed E-state index contributed by atoms with van der Waals surface area (Å²) in [4.78, 5) is 4.60. The van der Waals surface area contributed by atoms with Gasteiger partial charge in [-0.05, 0) is 17.9 Å². The molecule has 2 heteroatoms. The SMILES string of the molecule is CCC(C)(C)c1cnc2n1C=CC(C)(C(C)(C)C)C=C2. The zero-order chi connectivity index (χ0) is 15.2. The van der Waals surface area contributed by atoms with Crippen LogP contribution in [0.25, 0.3) is 12.3 Å². The van der Waals surface area contributed by atoms with Crippen LogP contribution < -0.4 is 0 Å². The molecule has 0 amide bonds. The first-order valence-electron chi connectivity index (χ1n) is 7.57. The molecule has 1 atom stereocenters. The molecule has 1 aliphatic heterocycles. The van der Waals surface area contributed by atoms with E-state index in [0.717, 1.165) is 12.2 Å². The van der Waals surface area contributed by atoms with E-state index in [1.54, 1.807) is 0 Å². The van der Waals surface area contributed by atoms with Gasteiger partial charge in [0.2, 0.25) is 0 Å². The summed E-state index contributed by atoms with van der Waals surface area (Å²) in [5.41, 5.74) is 1.66. The van der Waals surface area contributed by atoms with E-state index < -0.39 is 0 Å². The predicted molar refractivity (Wildman–Crippen MR) is 87.5 cm³/mol. The van der Waals surface area contributed by atoms with Crippen molar-refractivity contribution in [2.45, 2.75) is 60.3 Å². The fourth-order valence-corrected chi connectivity index (χ4v) is 2.37. The number of rotatable bonds is 2. The number of imidazole rings is 1. The first-order valence-corrected chi connectivity index (χ1v) is 7.57. The van der Waals surface area contributed by atoms with Crippen molar-refractivity contribution in [1.29, 1.82) is 0 Å². The van der Waals surface area contributed by atoms with Crippen LogP contribution in [-0.4, -0.2) is 9.55 Å². The van der Waals surface area contributed by atoms with E-state index in [4.69, 9.17) is 0 Å². The largest absolute Gasteiger partial charge is 0.304 e. The lowest BCUT2D eigenvalue weighted by Crippen LogP contribution is -2.28. The maximum atomic E-state index is 4.60. The highest BCUT2D eigenvalue weighted by atomic mass is 15.1. The van der Waals surface area contributed by atoms with Gasteiger partial charge in [-0.3, -0.25) is 0 Å². The second-order valence-electron chi connectivity index (χ2n) is 7.79. The fraction of sp³-hybridized carbons (Fsp3) is 0.611. The predicted octanol–water partition coefficient (Wildman–Crippen LogP) is 5.12. The molecule has 0 aliphatic carbocycles. The van der Waals surface area contributed by atoms with Crippen LogP contribution in [0.2, 0.25) is 0 Å². The van der Waals surface area contributed by atoms with Gasteiger partial charge < -0.3 is 4.57 Å². The van der Waals surface area contributed by atoms with Crippen LogP contribution in [0.1, 0.15) is 66.4 Å². The van der Waals surface area contributed by atoms with Crippen LogP contribution in [0.3, 0.4) is 0 Å². The monoisotopic (exact) mass is 272 g/mol. The molecule has 2 rings (SSSR count). The highest BCUT2D eigenvalue weighted by Crippen LogP contribution is 2.43. The molecule has 0 aromatic carbocycles. The second kappa shape index (κ2) is 4.61. The van der Waals surface area contributed by atoms with Gasteiger partial charge in [0, 0.05) is 28.9 Å². The van der Waals surface area contributed by atoms with Crippen molar-refractivity contribution in [3.8, 4) is 0 Å². The molecule has 20 heavy (non-hydrogen) atoms. The van der Waals surface area contributed by atoms with Gasteiger partial charge in [-0.25, -0.2) is 4.98 Å². The molecule has 0 spiro atoms. The van der Waals surface area contributed by atoms with Crippen molar-refractivity contribution in [1.82, 2.24) is 9.55 Å². The average molecular weight is 272 g/mol. The maximum absolute atomic E-state index is 4.60. The molecule has 0 saturated heterocycles. The van der Waals surface area contributed by atoms with E-state index in [-0.39, 0.29) is 16.2 Å². The van der Waals surface area contributed by atoms with E-state index in [0.29, 0.717) is 0 Å². The smallest absolute Gasteiger partial charge is 0.136 e. The normalized spacial score (nSPS) is 22.8. The minimum absolute atomic E-state index is 0.0430. The third-order valence-electron chi connectivity index (χ3n) is 5.17. The van der Waals surface area contributed by atoms with E-state index in [2.05, 4.69) is 82.4 Å². The highest BCUT2D eigenvalue weighted by Gasteiger charge is 2.34. The number of fused-ring (bicyclic) bond motifs is 1. The summed E-state index contributed by atoms with van der Waals surface area (Å²) in [7, 11) is 0. The van der Waals surface area contributed by atoms with Gasteiger partial charge in [0.15, 0.2) is 0 Å². The molecular formula is C18H28N2. The van der Waals surface area contributed by atoms with Gasteiger partial charge >= 0.3 is 0 Å². The molecule has 2 nitrogen and oxygen atoms in total.